The molecule has 3 aromatic rings. The number of hydrogen-bond donors (Lipinski definition) is 1. The van der Waals surface area contributed by atoms with E-state index in [-0.39, 0.29) is 11.8 Å². The van der Waals surface area contributed by atoms with Gasteiger partial charge in [0, 0.05) is 24.1 Å². The van der Waals surface area contributed by atoms with Gasteiger partial charge in [0.25, 0.3) is 11.8 Å². The summed E-state index contributed by atoms with van der Waals surface area (Å²) < 4.78 is 10.3. The minimum atomic E-state index is -0.195. The summed E-state index contributed by atoms with van der Waals surface area (Å²) >= 11 is 1.40. The lowest BCUT2D eigenvalue weighted by Gasteiger charge is -2.27. The van der Waals surface area contributed by atoms with E-state index < -0.39 is 0 Å². The molecule has 0 spiro atoms. The highest BCUT2D eigenvalue weighted by Crippen LogP contribution is 2.42. The van der Waals surface area contributed by atoms with Crippen molar-refractivity contribution in [1.82, 2.24) is 5.32 Å². The molecule has 1 aliphatic rings. The summed E-state index contributed by atoms with van der Waals surface area (Å²) in [7, 11) is 4.96. The quantitative estimate of drug-likeness (QED) is 0.538. The standard InChI is InChI=1S/C26H24N2O4S/c1-28-22-15-19(25(29)27-16-18-6-11-21(32-3)12-7-18)8-13-23(22)33-24(26(28)30)14-17-4-9-20(31-2)10-5-17/h4-15H,16H2,1-3H3,(H,27,29). The summed E-state index contributed by atoms with van der Waals surface area (Å²) in [5.41, 5.74) is 3.11. The zero-order valence-corrected chi connectivity index (χ0v) is 19.4. The smallest absolute Gasteiger partial charge is 0.264 e. The monoisotopic (exact) mass is 460 g/mol. The van der Waals surface area contributed by atoms with Gasteiger partial charge in [0.15, 0.2) is 0 Å². The van der Waals surface area contributed by atoms with Crippen LogP contribution in [0.3, 0.4) is 0 Å². The van der Waals surface area contributed by atoms with Crippen molar-refractivity contribution in [1.29, 1.82) is 0 Å². The summed E-state index contributed by atoms with van der Waals surface area (Å²) in [6.07, 6.45) is 1.86. The summed E-state index contributed by atoms with van der Waals surface area (Å²) in [4.78, 5) is 28.8. The van der Waals surface area contributed by atoms with Crippen molar-refractivity contribution in [3.63, 3.8) is 0 Å². The van der Waals surface area contributed by atoms with Crippen molar-refractivity contribution in [3.8, 4) is 11.5 Å². The number of fused-ring (bicyclic) bond motifs is 1. The van der Waals surface area contributed by atoms with Crippen molar-refractivity contribution in [3.05, 3.63) is 88.3 Å². The summed E-state index contributed by atoms with van der Waals surface area (Å²) in [6.45, 7) is 0.401. The number of hydrogen-bond acceptors (Lipinski definition) is 5. The minimum Gasteiger partial charge on any atom is -0.497 e. The first kappa shape index (κ1) is 22.5. The number of methoxy groups -OCH3 is 2. The molecule has 0 saturated heterocycles. The third-order valence-corrected chi connectivity index (χ3v) is 6.42. The van der Waals surface area contributed by atoms with E-state index in [4.69, 9.17) is 9.47 Å². The highest BCUT2D eigenvalue weighted by Gasteiger charge is 2.27. The fraction of sp³-hybridized carbons (Fsp3) is 0.154. The molecule has 0 bridgehead atoms. The topological polar surface area (TPSA) is 67.9 Å². The summed E-state index contributed by atoms with van der Waals surface area (Å²) in [6, 6.07) is 20.5. The molecule has 2 amide bonds. The van der Waals surface area contributed by atoms with Crippen molar-refractivity contribution >= 4 is 35.3 Å². The van der Waals surface area contributed by atoms with Gasteiger partial charge in [-0.15, -0.1) is 0 Å². The molecule has 0 unspecified atom stereocenters. The maximum absolute atomic E-state index is 13.0. The molecule has 0 radical (unpaired) electrons. The van der Waals surface area contributed by atoms with Crippen LogP contribution in [0.2, 0.25) is 0 Å². The Kier molecular flexibility index (Phi) is 6.70. The maximum atomic E-state index is 13.0. The van der Waals surface area contributed by atoms with Crippen LogP contribution in [0.25, 0.3) is 6.08 Å². The van der Waals surface area contributed by atoms with E-state index in [1.54, 1.807) is 38.3 Å². The minimum absolute atomic E-state index is 0.112. The van der Waals surface area contributed by atoms with Crippen LogP contribution in [-0.4, -0.2) is 33.1 Å². The Balaban J connectivity index is 1.49. The number of benzene rings is 3. The lowest BCUT2D eigenvalue weighted by Crippen LogP contribution is -2.31. The Morgan fingerprint density at radius 3 is 2.24 bits per heavy atom. The lowest BCUT2D eigenvalue weighted by atomic mass is 10.1. The molecule has 168 valence electrons. The molecule has 0 aromatic heterocycles. The van der Waals surface area contributed by atoms with Crippen molar-refractivity contribution in [2.75, 3.05) is 26.2 Å². The van der Waals surface area contributed by atoms with E-state index in [0.717, 1.165) is 27.5 Å². The largest absolute Gasteiger partial charge is 0.497 e. The normalized spacial score (nSPS) is 14.1. The molecular weight excluding hydrogens is 436 g/mol. The molecule has 0 aliphatic carbocycles. The first-order valence-corrected chi connectivity index (χ1v) is 11.2. The molecule has 3 aromatic carbocycles. The predicted octanol–water partition coefficient (Wildman–Crippen LogP) is 4.74. The Hall–Kier alpha value is -3.71. The van der Waals surface area contributed by atoms with Gasteiger partial charge in [-0.05, 0) is 59.7 Å². The molecule has 1 heterocycles. The van der Waals surface area contributed by atoms with Crippen LogP contribution in [0, 0.1) is 0 Å². The van der Waals surface area contributed by atoms with Crippen molar-refractivity contribution in [2.24, 2.45) is 0 Å². The zero-order valence-electron chi connectivity index (χ0n) is 18.6. The molecule has 1 aliphatic heterocycles. The van der Waals surface area contributed by atoms with E-state index >= 15 is 0 Å². The average molecular weight is 461 g/mol. The Bertz CT molecular complexity index is 1200. The van der Waals surface area contributed by atoms with Crippen molar-refractivity contribution in [2.45, 2.75) is 11.4 Å². The second-order valence-electron chi connectivity index (χ2n) is 7.46. The van der Waals surface area contributed by atoms with Gasteiger partial charge in [0.05, 0.1) is 24.8 Å². The van der Waals surface area contributed by atoms with E-state index in [9.17, 15) is 9.59 Å². The van der Waals surface area contributed by atoms with Crippen LogP contribution in [0.15, 0.2) is 76.5 Å². The molecule has 4 rings (SSSR count). The molecule has 1 N–H and O–H groups in total. The zero-order chi connectivity index (χ0) is 23.4. The van der Waals surface area contributed by atoms with Crippen LogP contribution in [0.4, 0.5) is 5.69 Å². The molecule has 0 fully saturated rings. The van der Waals surface area contributed by atoms with Gasteiger partial charge in [-0.25, -0.2) is 0 Å². The maximum Gasteiger partial charge on any atom is 0.264 e. The lowest BCUT2D eigenvalue weighted by molar-refractivity contribution is -0.114. The molecule has 7 heteroatoms. The Labute approximate surface area is 197 Å². The number of likely N-dealkylation sites (N-methyl/N-ethyl adjacent to an activating group) is 1. The van der Waals surface area contributed by atoms with Gasteiger partial charge in [-0.3, -0.25) is 9.59 Å². The number of rotatable bonds is 6. The first-order chi connectivity index (χ1) is 16.0. The predicted molar refractivity (Wildman–Crippen MR) is 131 cm³/mol. The second-order valence-corrected chi connectivity index (χ2v) is 8.55. The van der Waals surface area contributed by atoms with E-state index in [1.807, 2.05) is 60.7 Å². The summed E-state index contributed by atoms with van der Waals surface area (Å²) in [5, 5.41) is 2.92. The number of amides is 2. The molecular formula is C26H24N2O4S. The van der Waals surface area contributed by atoms with Crippen LogP contribution < -0.4 is 19.7 Å². The number of nitrogens with zero attached hydrogens (tertiary/aromatic N) is 1. The van der Waals surface area contributed by atoms with Gasteiger partial charge in [-0.2, -0.15) is 0 Å². The summed E-state index contributed by atoms with van der Waals surface area (Å²) in [5.74, 6) is 1.23. The molecule has 6 nitrogen and oxygen atoms in total. The molecule has 33 heavy (non-hydrogen) atoms. The van der Waals surface area contributed by atoms with Crippen molar-refractivity contribution < 1.29 is 19.1 Å². The number of anilines is 1. The highest BCUT2D eigenvalue weighted by molar-refractivity contribution is 8.04. The van der Waals surface area contributed by atoms with Crippen LogP contribution in [0.1, 0.15) is 21.5 Å². The fourth-order valence-corrected chi connectivity index (χ4v) is 4.51. The SMILES string of the molecule is COc1ccc(C=C2Sc3ccc(C(=O)NCc4ccc(OC)cc4)cc3N(C)C2=O)cc1. The van der Waals surface area contributed by atoms with E-state index in [0.29, 0.717) is 22.7 Å². The van der Waals surface area contributed by atoms with Gasteiger partial charge < -0.3 is 19.7 Å². The van der Waals surface area contributed by atoms with Crippen LogP contribution in [0.5, 0.6) is 11.5 Å². The Morgan fingerprint density at radius 2 is 1.61 bits per heavy atom. The fourth-order valence-electron chi connectivity index (χ4n) is 3.41. The van der Waals surface area contributed by atoms with Gasteiger partial charge in [0.2, 0.25) is 0 Å². The third-order valence-electron chi connectivity index (χ3n) is 5.34. The van der Waals surface area contributed by atoms with Gasteiger partial charge in [-0.1, -0.05) is 36.0 Å². The Morgan fingerprint density at radius 1 is 0.970 bits per heavy atom. The molecule has 0 atom stereocenters. The van der Waals surface area contributed by atoms with Gasteiger partial charge >= 0.3 is 0 Å². The number of nitrogens with one attached hydrogen (secondary N) is 1. The molecule has 0 saturated carbocycles. The van der Waals surface area contributed by atoms with Gasteiger partial charge in [0.1, 0.15) is 11.5 Å². The number of carbonyl (C=O) groups excluding carboxylic acids is 2. The number of thioether (sulfide) groups is 1. The van der Waals surface area contributed by atoms with Crippen LogP contribution >= 0.6 is 11.8 Å². The third kappa shape index (κ3) is 5.04. The van der Waals surface area contributed by atoms with E-state index in [2.05, 4.69) is 5.32 Å². The number of carbonyl (C=O) groups is 2. The average Bonchev–Trinajstić information content (AvgIpc) is 2.86. The highest BCUT2D eigenvalue weighted by atomic mass is 32.2. The second kappa shape index (κ2) is 9.83. The first-order valence-electron chi connectivity index (χ1n) is 10.4. The van der Waals surface area contributed by atoms with E-state index in [1.165, 1.54) is 11.8 Å². The van der Waals surface area contributed by atoms with Crippen LogP contribution in [-0.2, 0) is 11.3 Å². The number of ether oxygens (including phenoxy) is 2.